The molecular weight excluding hydrogens is 399 g/mol. The van der Waals surface area contributed by atoms with Gasteiger partial charge in [-0.2, -0.15) is 0 Å². The van der Waals surface area contributed by atoms with E-state index >= 15 is 0 Å². The molecule has 1 aliphatic heterocycles. The van der Waals surface area contributed by atoms with Gasteiger partial charge in [-0.05, 0) is 36.8 Å². The lowest BCUT2D eigenvalue weighted by Crippen LogP contribution is -2.50. The van der Waals surface area contributed by atoms with Crippen LogP contribution in [0.3, 0.4) is 0 Å². The van der Waals surface area contributed by atoms with E-state index in [1.54, 1.807) is 40.1 Å². The Morgan fingerprint density at radius 2 is 1.61 bits per heavy atom. The molecule has 2 aromatic carbocycles. The molecular formula is C21H22Cl2N2O3. The molecule has 1 saturated heterocycles. The van der Waals surface area contributed by atoms with E-state index < -0.39 is 0 Å². The third-order valence-corrected chi connectivity index (χ3v) is 5.41. The lowest BCUT2D eigenvalue weighted by Gasteiger charge is -2.35. The fourth-order valence-electron chi connectivity index (χ4n) is 3.07. The third kappa shape index (κ3) is 4.59. The molecule has 0 saturated carbocycles. The van der Waals surface area contributed by atoms with Crippen LogP contribution in [0.1, 0.15) is 34.1 Å². The molecule has 0 atom stereocenters. The molecule has 148 valence electrons. The molecule has 7 heteroatoms. The second kappa shape index (κ2) is 9.30. The van der Waals surface area contributed by atoms with Gasteiger partial charge in [-0.1, -0.05) is 42.3 Å². The van der Waals surface area contributed by atoms with E-state index in [4.69, 9.17) is 27.9 Å². The lowest BCUT2D eigenvalue weighted by molar-refractivity contribution is 0.0535. The minimum Gasteiger partial charge on any atom is -0.494 e. The van der Waals surface area contributed by atoms with Crippen molar-refractivity contribution >= 4 is 35.0 Å². The summed E-state index contributed by atoms with van der Waals surface area (Å²) in [6.45, 7) is 4.46. The molecule has 5 nitrogen and oxygen atoms in total. The molecule has 0 spiro atoms. The summed E-state index contributed by atoms with van der Waals surface area (Å²) in [4.78, 5) is 29.0. The molecule has 2 aromatic rings. The van der Waals surface area contributed by atoms with Gasteiger partial charge in [-0.15, -0.1) is 0 Å². The summed E-state index contributed by atoms with van der Waals surface area (Å²) in [5.74, 6) is 0.460. The molecule has 0 aliphatic carbocycles. The molecule has 2 amide bonds. The van der Waals surface area contributed by atoms with E-state index in [0.717, 1.165) is 6.42 Å². The predicted molar refractivity (Wildman–Crippen MR) is 110 cm³/mol. The van der Waals surface area contributed by atoms with E-state index in [9.17, 15) is 9.59 Å². The largest absolute Gasteiger partial charge is 0.494 e. The normalized spacial score (nSPS) is 14.1. The first kappa shape index (κ1) is 20.5. The van der Waals surface area contributed by atoms with Crippen molar-refractivity contribution in [2.45, 2.75) is 13.3 Å². The van der Waals surface area contributed by atoms with Gasteiger partial charge in [0.2, 0.25) is 0 Å². The Kier molecular flexibility index (Phi) is 6.81. The highest BCUT2D eigenvalue weighted by molar-refractivity contribution is 6.43. The molecule has 1 fully saturated rings. The van der Waals surface area contributed by atoms with Gasteiger partial charge in [0.25, 0.3) is 11.8 Å². The highest BCUT2D eigenvalue weighted by Gasteiger charge is 2.27. The maximum Gasteiger partial charge on any atom is 0.255 e. The minimum absolute atomic E-state index is 0.0603. The van der Waals surface area contributed by atoms with Crippen molar-refractivity contribution in [3.8, 4) is 5.75 Å². The molecule has 0 aromatic heterocycles. The van der Waals surface area contributed by atoms with E-state index in [1.807, 2.05) is 19.1 Å². The Morgan fingerprint density at radius 3 is 2.29 bits per heavy atom. The number of halogens is 2. The number of hydrogen-bond donors (Lipinski definition) is 0. The summed E-state index contributed by atoms with van der Waals surface area (Å²) in [5, 5.41) is 0.614. The summed E-state index contributed by atoms with van der Waals surface area (Å²) in [6.07, 6.45) is 0.908. The standard InChI is InChI=1S/C21H22Cl2N2O3/c1-2-13-28-16-6-3-5-15(14-16)20(26)24-9-11-25(12-10-24)21(27)17-7-4-8-18(22)19(17)23/h3-8,14H,2,9-13H2,1H3. The highest BCUT2D eigenvalue weighted by atomic mass is 35.5. The summed E-state index contributed by atoms with van der Waals surface area (Å²) in [5.41, 5.74) is 0.973. The zero-order valence-corrected chi connectivity index (χ0v) is 17.2. The maximum atomic E-state index is 12.8. The predicted octanol–water partition coefficient (Wildman–Crippen LogP) is 4.38. The summed E-state index contributed by atoms with van der Waals surface area (Å²) >= 11 is 12.2. The second-order valence-corrected chi connectivity index (χ2v) is 7.35. The fraction of sp³-hybridized carbons (Fsp3) is 0.333. The van der Waals surface area contributed by atoms with Gasteiger partial charge in [0.1, 0.15) is 5.75 Å². The number of rotatable bonds is 5. The highest BCUT2D eigenvalue weighted by Crippen LogP contribution is 2.27. The smallest absolute Gasteiger partial charge is 0.255 e. The average Bonchev–Trinajstić information content (AvgIpc) is 2.73. The van der Waals surface area contributed by atoms with Crippen LogP contribution < -0.4 is 4.74 Å². The first-order chi connectivity index (χ1) is 13.5. The Hall–Kier alpha value is -2.24. The Bertz CT molecular complexity index is 864. The monoisotopic (exact) mass is 420 g/mol. The van der Waals surface area contributed by atoms with Gasteiger partial charge >= 0.3 is 0 Å². The van der Waals surface area contributed by atoms with Crippen LogP contribution in [0.4, 0.5) is 0 Å². The van der Waals surface area contributed by atoms with Gasteiger partial charge in [0.15, 0.2) is 0 Å². The molecule has 0 unspecified atom stereocenters. The third-order valence-electron chi connectivity index (χ3n) is 4.59. The van der Waals surface area contributed by atoms with Crippen LogP contribution in [-0.4, -0.2) is 54.4 Å². The van der Waals surface area contributed by atoms with Crippen molar-refractivity contribution in [3.05, 3.63) is 63.6 Å². The van der Waals surface area contributed by atoms with Crippen LogP contribution in [0, 0.1) is 0 Å². The van der Waals surface area contributed by atoms with E-state index in [2.05, 4.69) is 0 Å². The van der Waals surface area contributed by atoms with Gasteiger partial charge < -0.3 is 14.5 Å². The minimum atomic E-state index is -0.172. The van der Waals surface area contributed by atoms with E-state index in [1.165, 1.54) is 0 Å². The summed E-state index contributed by atoms with van der Waals surface area (Å²) in [7, 11) is 0. The number of piperazine rings is 1. The number of amides is 2. The van der Waals surface area contributed by atoms with Gasteiger partial charge in [0.05, 0.1) is 22.2 Å². The van der Waals surface area contributed by atoms with Gasteiger partial charge in [0, 0.05) is 31.7 Å². The summed E-state index contributed by atoms with van der Waals surface area (Å²) in [6, 6.07) is 12.2. The van der Waals surface area contributed by atoms with Crippen molar-refractivity contribution in [1.29, 1.82) is 0 Å². The van der Waals surface area contributed by atoms with Crippen molar-refractivity contribution in [2.24, 2.45) is 0 Å². The number of ether oxygens (including phenoxy) is 1. The first-order valence-electron chi connectivity index (χ1n) is 9.26. The topological polar surface area (TPSA) is 49.9 Å². The lowest BCUT2D eigenvalue weighted by atomic mass is 10.1. The van der Waals surface area contributed by atoms with Crippen LogP contribution in [0.25, 0.3) is 0 Å². The van der Waals surface area contributed by atoms with Crippen molar-refractivity contribution < 1.29 is 14.3 Å². The fourth-order valence-corrected chi connectivity index (χ4v) is 3.45. The number of carbonyl (C=O) groups is 2. The molecule has 0 radical (unpaired) electrons. The maximum absolute atomic E-state index is 12.8. The number of hydrogen-bond acceptors (Lipinski definition) is 3. The quantitative estimate of drug-likeness (QED) is 0.720. The van der Waals surface area contributed by atoms with Gasteiger partial charge in [-0.25, -0.2) is 0 Å². The SMILES string of the molecule is CCCOc1cccc(C(=O)N2CCN(C(=O)c3cccc(Cl)c3Cl)CC2)c1. The van der Waals surface area contributed by atoms with Gasteiger partial charge in [-0.3, -0.25) is 9.59 Å². The van der Waals surface area contributed by atoms with Crippen molar-refractivity contribution in [2.75, 3.05) is 32.8 Å². The number of benzene rings is 2. The molecule has 1 heterocycles. The Balaban J connectivity index is 1.63. The van der Waals surface area contributed by atoms with Crippen molar-refractivity contribution in [3.63, 3.8) is 0 Å². The average molecular weight is 421 g/mol. The Morgan fingerprint density at radius 1 is 0.964 bits per heavy atom. The van der Waals surface area contributed by atoms with Crippen LogP contribution in [0.5, 0.6) is 5.75 Å². The van der Waals surface area contributed by atoms with Crippen LogP contribution in [0.2, 0.25) is 10.0 Å². The molecule has 3 rings (SSSR count). The zero-order valence-electron chi connectivity index (χ0n) is 15.7. The van der Waals surface area contributed by atoms with Crippen molar-refractivity contribution in [1.82, 2.24) is 9.80 Å². The van der Waals surface area contributed by atoms with E-state index in [-0.39, 0.29) is 16.8 Å². The van der Waals surface area contributed by atoms with Crippen LogP contribution >= 0.6 is 23.2 Å². The van der Waals surface area contributed by atoms with Crippen LogP contribution in [-0.2, 0) is 0 Å². The number of nitrogens with zero attached hydrogens (tertiary/aromatic N) is 2. The number of carbonyl (C=O) groups excluding carboxylic acids is 2. The molecule has 1 aliphatic rings. The van der Waals surface area contributed by atoms with E-state index in [0.29, 0.717) is 54.7 Å². The molecule has 28 heavy (non-hydrogen) atoms. The molecule has 0 N–H and O–H groups in total. The Labute approximate surface area is 174 Å². The second-order valence-electron chi connectivity index (χ2n) is 6.56. The summed E-state index contributed by atoms with van der Waals surface area (Å²) < 4.78 is 5.60. The first-order valence-corrected chi connectivity index (χ1v) is 10.0. The van der Waals surface area contributed by atoms with Crippen LogP contribution in [0.15, 0.2) is 42.5 Å². The zero-order chi connectivity index (χ0) is 20.1. The molecule has 0 bridgehead atoms.